The van der Waals surface area contributed by atoms with Crippen LogP contribution in [0.3, 0.4) is 0 Å². The summed E-state index contributed by atoms with van der Waals surface area (Å²) in [6, 6.07) is 13.7. The molecule has 8 heteroatoms. The van der Waals surface area contributed by atoms with Gasteiger partial charge in [-0.15, -0.1) is 0 Å². The Hall–Kier alpha value is -3.94. The highest BCUT2D eigenvalue weighted by molar-refractivity contribution is 6.01. The monoisotopic (exact) mass is 462 g/mol. The fourth-order valence-electron chi connectivity index (χ4n) is 4.24. The van der Waals surface area contributed by atoms with E-state index in [9.17, 15) is 19.1 Å². The molecule has 7 nitrogen and oxygen atoms in total. The molecule has 0 saturated heterocycles. The zero-order valence-corrected chi connectivity index (χ0v) is 18.6. The van der Waals surface area contributed by atoms with E-state index in [1.165, 1.54) is 24.4 Å². The third kappa shape index (κ3) is 6.10. The number of nitrogens with one attached hydrogen (secondary N) is 3. The molecule has 1 aromatic heterocycles. The summed E-state index contributed by atoms with van der Waals surface area (Å²) in [6.07, 6.45) is 7.43. The van der Waals surface area contributed by atoms with Crippen LogP contribution in [0.5, 0.6) is 5.75 Å². The number of rotatable bonds is 8. The van der Waals surface area contributed by atoms with Crippen molar-refractivity contribution in [2.75, 3.05) is 10.6 Å². The van der Waals surface area contributed by atoms with Gasteiger partial charge >= 0.3 is 0 Å². The second-order valence-corrected chi connectivity index (χ2v) is 8.51. The lowest BCUT2D eigenvalue weighted by atomic mass is 9.97. The summed E-state index contributed by atoms with van der Waals surface area (Å²) in [5.41, 5.74) is 1.59. The van der Waals surface area contributed by atoms with Gasteiger partial charge in [0, 0.05) is 29.2 Å². The number of pyridine rings is 1. The number of hydrogen-bond acceptors (Lipinski definition) is 5. The Bertz CT molecular complexity index is 1160. The van der Waals surface area contributed by atoms with Crippen LogP contribution in [0, 0.1) is 11.7 Å². The first kappa shape index (κ1) is 23.2. The quantitative estimate of drug-likeness (QED) is 0.378. The third-order valence-electron chi connectivity index (χ3n) is 5.96. The van der Waals surface area contributed by atoms with Gasteiger partial charge in [-0.2, -0.15) is 0 Å². The van der Waals surface area contributed by atoms with Crippen molar-refractivity contribution in [3.05, 3.63) is 78.4 Å². The summed E-state index contributed by atoms with van der Waals surface area (Å²) in [5.74, 6) is -0.823. The average molecular weight is 463 g/mol. The second-order valence-electron chi connectivity index (χ2n) is 8.51. The Morgan fingerprint density at radius 3 is 2.59 bits per heavy atom. The van der Waals surface area contributed by atoms with E-state index in [1.807, 2.05) is 0 Å². The van der Waals surface area contributed by atoms with Crippen molar-refractivity contribution in [1.82, 2.24) is 10.3 Å². The van der Waals surface area contributed by atoms with Crippen LogP contribution in [0.15, 0.2) is 67.0 Å². The number of anilines is 3. The van der Waals surface area contributed by atoms with Crippen molar-refractivity contribution in [2.45, 2.75) is 38.1 Å². The van der Waals surface area contributed by atoms with Crippen molar-refractivity contribution in [3.8, 4) is 5.75 Å². The number of hydrogen-bond donors (Lipinski definition) is 4. The summed E-state index contributed by atoms with van der Waals surface area (Å²) < 4.78 is 13.9. The lowest BCUT2D eigenvalue weighted by Crippen LogP contribution is -2.44. The minimum Gasteiger partial charge on any atom is -0.508 e. The molecule has 0 radical (unpaired) electrons. The predicted molar refractivity (Wildman–Crippen MR) is 128 cm³/mol. The van der Waals surface area contributed by atoms with E-state index in [4.69, 9.17) is 0 Å². The normalized spacial score (nSPS) is 14.4. The Balaban J connectivity index is 1.48. The number of phenolic OH excluding ortho intramolecular Hbond substituents is 1. The van der Waals surface area contributed by atoms with Crippen LogP contribution in [0.1, 0.15) is 42.5 Å². The molecule has 1 aliphatic carbocycles. The van der Waals surface area contributed by atoms with Crippen molar-refractivity contribution in [2.24, 2.45) is 5.92 Å². The van der Waals surface area contributed by atoms with Crippen LogP contribution < -0.4 is 16.0 Å². The van der Waals surface area contributed by atoms with Crippen LogP contribution >= 0.6 is 0 Å². The third-order valence-corrected chi connectivity index (χ3v) is 5.96. The molecule has 2 amide bonds. The largest absolute Gasteiger partial charge is 0.508 e. The maximum atomic E-state index is 13.9. The first-order chi connectivity index (χ1) is 16.5. The zero-order chi connectivity index (χ0) is 23.9. The smallest absolute Gasteiger partial charge is 0.252 e. The number of nitrogens with zero attached hydrogens (tertiary/aromatic N) is 1. The first-order valence-electron chi connectivity index (χ1n) is 11.4. The topological polar surface area (TPSA) is 103 Å². The summed E-state index contributed by atoms with van der Waals surface area (Å²) >= 11 is 0. The molecule has 4 N–H and O–H groups in total. The van der Waals surface area contributed by atoms with Gasteiger partial charge in [0.2, 0.25) is 5.91 Å². The molecule has 0 aliphatic heterocycles. The molecular formula is C26H27FN4O3. The molecular weight excluding hydrogens is 435 g/mol. The van der Waals surface area contributed by atoms with Crippen LogP contribution in [0.2, 0.25) is 0 Å². The number of carbonyl (C=O) groups excluding carboxylic acids is 2. The molecule has 1 fully saturated rings. The van der Waals surface area contributed by atoms with Crippen molar-refractivity contribution < 1.29 is 19.1 Å². The number of benzene rings is 2. The molecule has 176 valence electrons. The van der Waals surface area contributed by atoms with E-state index >= 15 is 0 Å². The van der Waals surface area contributed by atoms with Crippen LogP contribution in [-0.2, 0) is 4.79 Å². The highest BCUT2D eigenvalue weighted by Gasteiger charge is 2.27. The van der Waals surface area contributed by atoms with Crippen molar-refractivity contribution in [3.63, 3.8) is 0 Å². The highest BCUT2D eigenvalue weighted by atomic mass is 19.1. The number of amides is 2. The standard InChI is InChI=1S/C26H27FN4O3/c27-22-16-28-12-11-23(22)29-19-8-3-7-18(14-19)25(33)31-24(13-17-5-1-2-6-17)26(34)30-20-9-4-10-21(32)15-20/h3-4,7-12,14-17,24,32H,1-2,5-6,13H2,(H,28,29)(H,30,34)(H,31,33)/t24-/m1/s1. The minimum absolute atomic E-state index is 0.0455. The molecule has 1 aliphatic rings. The van der Waals surface area contributed by atoms with E-state index in [1.54, 1.807) is 36.4 Å². The zero-order valence-electron chi connectivity index (χ0n) is 18.6. The predicted octanol–water partition coefficient (Wildman–Crippen LogP) is 4.99. The Labute approximate surface area is 197 Å². The van der Waals surface area contributed by atoms with E-state index in [0.717, 1.165) is 31.9 Å². The maximum Gasteiger partial charge on any atom is 0.252 e. The lowest BCUT2D eigenvalue weighted by molar-refractivity contribution is -0.118. The summed E-state index contributed by atoms with van der Waals surface area (Å²) in [4.78, 5) is 29.9. The van der Waals surface area contributed by atoms with Crippen LogP contribution in [0.4, 0.5) is 21.5 Å². The van der Waals surface area contributed by atoms with Gasteiger partial charge in [0.05, 0.1) is 11.9 Å². The van der Waals surface area contributed by atoms with E-state index in [0.29, 0.717) is 29.3 Å². The first-order valence-corrected chi connectivity index (χ1v) is 11.4. The van der Waals surface area contributed by atoms with Gasteiger partial charge in [-0.05, 0) is 48.7 Å². The van der Waals surface area contributed by atoms with Crippen molar-refractivity contribution >= 4 is 28.9 Å². The Morgan fingerprint density at radius 2 is 1.82 bits per heavy atom. The van der Waals surface area contributed by atoms with Gasteiger partial charge in [0.15, 0.2) is 5.82 Å². The van der Waals surface area contributed by atoms with E-state index in [2.05, 4.69) is 20.9 Å². The SMILES string of the molecule is O=C(N[C@H](CC1CCCC1)C(=O)Nc1cccc(O)c1)c1cccc(Nc2ccncc2F)c1. The number of carbonyl (C=O) groups is 2. The summed E-state index contributed by atoms with van der Waals surface area (Å²) in [7, 11) is 0. The van der Waals surface area contributed by atoms with Crippen LogP contribution in [-0.4, -0.2) is 27.9 Å². The molecule has 1 atom stereocenters. The van der Waals surface area contributed by atoms with E-state index < -0.39 is 17.8 Å². The molecule has 1 saturated carbocycles. The molecule has 4 rings (SSSR count). The fraction of sp³-hybridized carbons (Fsp3) is 0.269. The number of aromatic nitrogens is 1. The Morgan fingerprint density at radius 1 is 1.06 bits per heavy atom. The number of phenols is 1. The maximum absolute atomic E-state index is 13.9. The molecule has 0 unspecified atom stereocenters. The molecule has 0 spiro atoms. The molecule has 3 aromatic rings. The van der Waals surface area contributed by atoms with Crippen molar-refractivity contribution in [1.29, 1.82) is 0 Å². The van der Waals surface area contributed by atoms with Crippen LogP contribution in [0.25, 0.3) is 0 Å². The fourth-order valence-corrected chi connectivity index (χ4v) is 4.24. The lowest BCUT2D eigenvalue weighted by Gasteiger charge is -2.22. The average Bonchev–Trinajstić information content (AvgIpc) is 3.33. The summed E-state index contributed by atoms with van der Waals surface area (Å²) in [5, 5.41) is 18.3. The molecule has 34 heavy (non-hydrogen) atoms. The number of halogens is 1. The molecule has 2 aromatic carbocycles. The Kier molecular flexibility index (Phi) is 7.37. The van der Waals surface area contributed by atoms with Gasteiger partial charge in [0.1, 0.15) is 11.8 Å². The number of aromatic hydroxyl groups is 1. The van der Waals surface area contributed by atoms with Gasteiger partial charge in [-0.3, -0.25) is 14.6 Å². The van der Waals surface area contributed by atoms with Gasteiger partial charge in [-0.1, -0.05) is 37.8 Å². The molecule has 0 bridgehead atoms. The summed E-state index contributed by atoms with van der Waals surface area (Å²) in [6.45, 7) is 0. The van der Waals surface area contributed by atoms with Gasteiger partial charge < -0.3 is 21.1 Å². The van der Waals surface area contributed by atoms with E-state index in [-0.39, 0.29) is 17.3 Å². The molecule has 1 heterocycles. The van der Waals surface area contributed by atoms with Gasteiger partial charge in [0.25, 0.3) is 5.91 Å². The minimum atomic E-state index is -0.729. The van der Waals surface area contributed by atoms with Gasteiger partial charge in [-0.25, -0.2) is 4.39 Å². The second kappa shape index (κ2) is 10.8. The highest BCUT2D eigenvalue weighted by Crippen LogP contribution is 2.29.